The predicted octanol–water partition coefficient (Wildman–Crippen LogP) is 1.20. The Bertz CT molecular complexity index is 908. The zero-order chi connectivity index (χ0) is 15.1. The third kappa shape index (κ3) is 2.21. The maximum absolute atomic E-state index is 12.3. The Morgan fingerprint density at radius 1 is 1.48 bits per heavy atom. The van der Waals surface area contributed by atoms with Crippen molar-refractivity contribution in [2.24, 2.45) is 0 Å². The largest absolute Gasteiger partial charge is 0.476 e. The minimum Gasteiger partial charge on any atom is -0.476 e. The van der Waals surface area contributed by atoms with Crippen LogP contribution >= 0.6 is 11.3 Å². The van der Waals surface area contributed by atoms with E-state index in [-0.39, 0.29) is 28.9 Å². The molecule has 0 saturated heterocycles. The molecule has 0 unspecified atom stereocenters. The highest BCUT2D eigenvalue weighted by Crippen LogP contribution is 2.18. The molecule has 0 aliphatic rings. The maximum atomic E-state index is 12.3. The quantitative estimate of drug-likeness (QED) is 0.774. The van der Waals surface area contributed by atoms with E-state index in [1.165, 1.54) is 18.3 Å². The number of aryl methyl sites for hydroxylation is 2. The van der Waals surface area contributed by atoms with Crippen molar-refractivity contribution in [1.82, 2.24) is 19.9 Å². The van der Waals surface area contributed by atoms with Crippen LogP contribution in [-0.2, 0) is 6.54 Å². The molecule has 0 aliphatic carbocycles. The van der Waals surface area contributed by atoms with E-state index in [1.54, 1.807) is 0 Å². The second kappa shape index (κ2) is 4.77. The Kier molecular flexibility index (Phi) is 3.05. The second-order valence-corrected chi connectivity index (χ2v) is 5.40. The normalized spacial score (nSPS) is 11.1. The number of hydrogen-bond donors (Lipinski definition) is 1. The van der Waals surface area contributed by atoms with Gasteiger partial charge in [-0.2, -0.15) is 5.10 Å². The van der Waals surface area contributed by atoms with Crippen LogP contribution in [0.5, 0.6) is 0 Å². The fourth-order valence-electron chi connectivity index (χ4n) is 2.00. The summed E-state index contributed by atoms with van der Waals surface area (Å²) in [4.78, 5) is 27.8. The molecule has 0 atom stereocenters. The van der Waals surface area contributed by atoms with Gasteiger partial charge in [0, 0.05) is 11.1 Å². The fraction of sp³-hybridized carbons (Fsp3) is 0.250. The summed E-state index contributed by atoms with van der Waals surface area (Å²) in [7, 11) is 0. The molecule has 21 heavy (non-hydrogen) atoms. The average Bonchev–Trinajstić information content (AvgIpc) is 3.00. The molecule has 0 radical (unpaired) electrons. The molecule has 3 aromatic heterocycles. The molecule has 0 amide bonds. The third-order valence-electron chi connectivity index (χ3n) is 2.91. The highest BCUT2D eigenvalue weighted by Gasteiger charge is 2.22. The number of fused-ring (bicyclic) bond motifs is 1. The molecule has 8 nitrogen and oxygen atoms in total. The van der Waals surface area contributed by atoms with E-state index in [9.17, 15) is 14.7 Å². The van der Waals surface area contributed by atoms with E-state index in [1.807, 2.05) is 12.3 Å². The summed E-state index contributed by atoms with van der Waals surface area (Å²) in [5.41, 5.74) is 0.0457. The molecule has 3 heterocycles. The number of aromatic nitrogens is 4. The Morgan fingerprint density at radius 2 is 2.24 bits per heavy atom. The van der Waals surface area contributed by atoms with Crippen LogP contribution < -0.4 is 5.56 Å². The van der Waals surface area contributed by atoms with Gasteiger partial charge in [0.2, 0.25) is 0 Å². The SMILES string of the molecule is Cc1csc(Cn2nc(C(=O)O)c3c(C)onc3c2=O)n1. The van der Waals surface area contributed by atoms with Crippen molar-refractivity contribution in [3.05, 3.63) is 37.9 Å². The lowest BCUT2D eigenvalue weighted by atomic mass is 10.2. The van der Waals surface area contributed by atoms with Crippen molar-refractivity contribution in [2.75, 3.05) is 0 Å². The van der Waals surface area contributed by atoms with Gasteiger partial charge in [0.15, 0.2) is 11.2 Å². The second-order valence-electron chi connectivity index (χ2n) is 4.46. The van der Waals surface area contributed by atoms with Crippen molar-refractivity contribution < 1.29 is 14.4 Å². The first kappa shape index (κ1) is 13.4. The zero-order valence-corrected chi connectivity index (χ0v) is 12.0. The first-order valence-electron chi connectivity index (χ1n) is 5.98. The molecule has 108 valence electrons. The van der Waals surface area contributed by atoms with E-state index in [0.29, 0.717) is 5.01 Å². The van der Waals surface area contributed by atoms with Gasteiger partial charge in [-0.05, 0) is 13.8 Å². The number of rotatable bonds is 3. The van der Waals surface area contributed by atoms with Crippen LogP contribution in [0.2, 0.25) is 0 Å². The van der Waals surface area contributed by atoms with Crippen LogP contribution in [0, 0.1) is 13.8 Å². The van der Waals surface area contributed by atoms with Gasteiger partial charge < -0.3 is 9.63 Å². The van der Waals surface area contributed by atoms with Gasteiger partial charge in [-0.3, -0.25) is 4.79 Å². The van der Waals surface area contributed by atoms with Crippen LogP contribution in [-0.4, -0.2) is 31.0 Å². The van der Waals surface area contributed by atoms with Gasteiger partial charge in [0.25, 0.3) is 5.56 Å². The van der Waals surface area contributed by atoms with Crippen molar-refractivity contribution >= 4 is 28.2 Å². The van der Waals surface area contributed by atoms with Gasteiger partial charge in [0.05, 0.1) is 11.9 Å². The molecule has 3 rings (SSSR count). The molecule has 0 saturated carbocycles. The minimum absolute atomic E-state index is 0.0341. The smallest absolute Gasteiger partial charge is 0.357 e. The lowest BCUT2D eigenvalue weighted by molar-refractivity contribution is 0.0690. The van der Waals surface area contributed by atoms with Gasteiger partial charge in [-0.25, -0.2) is 14.5 Å². The molecule has 0 bridgehead atoms. The fourth-order valence-corrected chi connectivity index (χ4v) is 2.75. The van der Waals surface area contributed by atoms with Crippen LogP contribution in [0.3, 0.4) is 0 Å². The molecule has 0 aromatic carbocycles. The standard InChI is InChI=1S/C12H10N4O4S/c1-5-4-21-7(13-5)3-16-11(17)9-8(6(2)20-15-9)10(14-16)12(18)19/h4H,3H2,1-2H3,(H,18,19). The van der Waals surface area contributed by atoms with Crippen molar-refractivity contribution in [2.45, 2.75) is 20.4 Å². The number of carboxylic acids is 1. The number of hydrogen-bond acceptors (Lipinski definition) is 7. The Labute approximate surface area is 121 Å². The van der Waals surface area contributed by atoms with Crippen molar-refractivity contribution in [1.29, 1.82) is 0 Å². The molecule has 1 N–H and O–H groups in total. The van der Waals surface area contributed by atoms with E-state index in [2.05, 4.69) is 15.2 Å². The Morgan fingerprint density at radius 3 is 2.86 bits per heavy atom. The highest BCUT2D eigenvalue weighted by atomic mass is 32.1. The maximum Gasteiger partial charge on any atom is 0.357 e. The monoisotopic (exact) mass is 306 g/mol. The third-order valence-corrected chi connectivity index (χ3v) is 3.86. The molecular formula is C12H10N4O4S. The number of carboxylic acid groups (broad SMARTS) is 1. The molecule has 9 heteroatoms. The van der Waals surface area contributed by atoms with Gasteiger partial charge in [-0.1, -0.05) is 5.16 Å². The van der Waals surface area contributed by atoms with E-state index in [0.717, 1.165) is 10.4 Å². The lowest BCUT2D eigenvalue weighted by Crippen LogP contribution is -2.26. The summed E-state index contributed by atoms with van der Waals surface area (Å²) in [5, 5.41) is 19.4. The molecule has 0 fully saturated rings. The van der Waals surface area contributed by atoms with E-state index >= 15 is 0 Å². The summed E-state index contributed by atoms with van der Waals surface area (Å²) in [6.45, 7) is 3.47. The Balaban J connectivity index is 2.21. The zero-order valence-electron chi connectivity index (χ0n) is 11.2. The molecule has 3 aromatic rings. The number of carbonyl (C=O) groups is 1. The van der Waals surface area contributed by atoms with Crippen LogP contribution in [0.25, 0.3) is 10.9 Å². The summed E-state index contributed by atoms with van der Waals surface area (Å²) in [5.74, 6) is -0.986. The molecule has 0 spiro atoms. The molecule has 0 aliphatic heterocycles. The first-order chi connectivity index (χ1) is 9.97. The van der Waals surface area contributed by atoms with E-state index in [4.69, 9.17) is 4.52 Å². The highest BCUT2D eigenvalue weighted by molar-refractivity contribution is 7.09. The minimum atomic E-state index is -1.24. The average molecular weight is 306 g/mol. The first-order valence-corrected chi connectivity index (χ1v) is 6.86. The number of nitrogens with zero attached hydrogens (tertiary/aromatic N) is 4. The van der Waals surface area contributed by atoms with Crippen LogP contribution in [0.4, 0.5) is 0 Å². The van der Waals surface area contributed by atoms with E-state index < -0.39 is 11.5 Å². The van der Waals surface area contributed by atoms with Crippen molar-refractivity contribution in [3.8, 4) is 0 Å². The Hall–Kier alpha value is -2.55. The lowest BCUT2D eigenvalue weighted by Gasteiger charge is -2.04. The molecular weight excluding hydrogens is 296 g/mol. The topological polar surface area (TPSA) is 111 Å². The summed E-state index contributed by atoms with van der Waals surface area (Å²) in [6, 6.07) is 0. The number of thiazole rings is 1. The van der Waals surface area contributed by atoms with Gasteiger partial charge >= 0.3 is 5.97 Å². The summed E-state index contributed by atoms with van der Waals surface area (Å²) < 4.78 is 5.96. The number of aromatic carboxylic acids is 1. The van der Waals surface area contributed by atoms with Crippen LogP contribution in [0.1, 0.15) is 27.0 Å². The summed E-state index contributed by atoms with van der Waals surface area (Å²) >= 11 is 1.38. The van der Waals surface area contributed by atoms with Crippen molar-refractivity contribution in [3.63, 3.8) is 0 Å². The van der Waals surface area contributed by atoms with Gasteiger partial charge in [-0.15, -0.1) is 11.3 Å². The van der Waals surface area contributed by atoms with Gasteiger partial charge in [0.1, 0.15) is 10.8 Å². The predicted molar refractivity (Wildman–Crippen MR) is 73.7 cm³/mol. The van der Waals surface area contributed by atoms with Crippen LogP contribution in [0.15, 0.2) is 14.7 Å². The summed E-state index contributed by atoms with van der Waals surface area (Å²) in [6.07, 6.45) is 0.